The molecule has 1 aromatic carbocycles. The Morgan fingerprint density at radius 2 is 2.00 bits per heavy atom. The second kappa shape index (κ2) is 5.19. The van der Waals surface area contributed by atoms with Crippen molar-refractivity contribution in [2.45, 2.75) is 32.6 Å². The second-order valence-electron chi connectivity index (χ2n) is 6.12. The first-order chi connectivity index (χ1) is 11.2. The molecule has 2 aromatic heterocycles. The van der Waals surface area contributed by atoms with Gasteiger partial charge in [-0.15, -0.1) is 0 Å². The van der Waals surface area contributed by atoms with Crippen LogP contribution in [0.25, 0.3) is 22.2 Å². The molecule has 0 radical (unpaired) electrons. The number of aromatic amines is 1. The van der Waals surface area contributed by atoms with Gasteiger partial charge in [0, 0.05) is 34.6 Å². The third kappa shape index (κ3) is 2.04. The number of fused-ring (bicyclic) bond motifs is 3. The number of anilines is 1. The minimum atomic E-state index is 0.648. The Bertz CT molecular complexity index is 923. The van der Waals surface area contributed by atoms with Crippen molar-refractivity contribution in [2.24, 2.45) is 0 Å². The van der Waals surface area contributed by atoms with Crippen LogP contribution in [0.4, 0.5) is 5.69 Å². The highest BCUT2D eigenvalue weighted by molar-refractivity contribution is 6.05. The molecule has 5 heteroatoms. The van der Waals surface area contributed by atoms with E-state index in [-0.39, 0.29) is 0 Å². The number of hydrogen-bond donors (Lipinski definition) is 3. The number of benzene rings is 1. The molecule has 4 N–H and O–H groups in total. The van der Waals surface area contributed by atoms with Crippen molar-refractivity contribution in [1.29, 1.82) is 5.41 Å². The first-order valence-corrected chi connectivity index (χ1v) is 7.96. The van der Waals surface area contributed by atoms with E-state index in [1.165, 1.54) is 30.2 Å². The summed E-state index contributed by atoms with van der Waals surface area (Å²) in [7, 11) is 0. The van der Waals surface area contributed by atoms with Gasteiger partial charge in [0.25, 0.3) is 0 Å². The van der Waals surface area contributed by atoms with Gasteiger partial charge in [-0.1, -0.05) is 0 Å². The highest BCUT2D eigenvalue weighted by Crippen LogP contribution is 2.37. The summed E-state index contributed by atoms with van der Waals surface area (Å²) in [5.41, 5.74) is 14.1. The Hall–Kier alpha value is -2.69. The van der Waals surface area contributed by atoms with Crippen LogP contribution >= 0.6 is 0 Å². The quantitative estimate of drug-likeness (QED) is 0.500. The first kappa shape index (κ1) is 13.9. The summed E-state index contributed by atoms with van der Waals surface area (Å²) in [5, 5.41) is 16.0. The van der Waals surface area contributed by atoms with Gasteiger partial charge in [0.2, 0.25) is 0 Å². The van der Waals surface area contributed by atoms with Gasteiger partial charge in [0.15, 0.2) is 0 Å². The van der Waals surface area contributed by atoms with E-state index in [4.69, 9.17) is 16.1 Å². The highest BCUT2D eigenvalue weighted by Gasteiger charge is 2.22. The Balaban J connectivity index is 2.13. The molecule has 0 amide bonds. The van der Waals surface area contributed by atoms with Crippen LogP contribution in [0, 0.1) is 12.3 Å². The normalized spacial score (nSPS) is 14.0. The molecule has 5 nitrogen and oxygen atoms in total. The zero-order valence-electron chi connectivity index (χ0n) is 13.1. The van der Waals surface area contributed by atoms with Crippen molar-refractivity contribution in [3.63, 3.8) is 0 Å². The van der Waals surface area contributed by atoms with Gasteiger partial charge >= 0.3 is 0 Å². The number of H-pyrrole nitrogens is 1. The lowest BCUT2D eigenvalue weighted by Crippen LogP contribution is -2.09. The molecule has 0 bridgehead atoms. The smallest absolute Gasteiger partial charge is 0.0778 e. The monoisotopic (exact) mass is 305 g/mol. The molecule has 4 rings (SSSR count). The van der Waals surface area contributed by atoms with E-state index in [9.17, 15) is 0 Å². The minimum absolute atomic E-state index is 0.648. The van der Waals surface area contributed by atoms with Crippen LogP contribution in [-0.4, -0.2) is 21.4 Å². The maximum Gasteiger partial charge on any atom is 0.0778 e. The third-order valence-corrected chi connectivity index (χ3v) is 4.78. The van der Waals surface area contributed by atoms with Crippen LogP contribution < -0.4 is 5.73 Å². The summed E-state index contributed by atoms with van der Waals surface area (Å²) < 4.78 is 0. The van der Waals surface area contributed by atoms with Crippen molar-refractivity contribution in [1.82, 2.24) is 15.2 Å². The molecule has 3 aromatic rings. The molecule has 0 saturated carbocycles. The molecule has 1 aliphatic carbocycles. The van der Waals surface area contributed by atoms with Gasteiger partial charge in [-0.25, -0.2) is 4.98 Å². The number of pyridine rings is 1. The van der Waals surface area contributed by atoms with E-state index < -0.39 is 0 Å². The van der Waals surface area contributed by atoms with Crippen LogP contribution in [0.2, 0.25) is 0 Å². The summed E-state index contributed by atoms with van der Waals surface area (Å²) >= 11 is 0. The van der Waals surface area contributed by atoms with Crippen LogP contribution in [-0.2, 0) is 12.8 Å². The van der Waals surface area contributed by atoms with E-state index in [1.54, 1.807) is 0 Å². The third-order valence-electron chi connectivity index (χ3n) is 4.78. The molecule has 0 fully saturated rings. The summed E-state index contributed by atoms with van der Waals surface area (Å²) in [6, 6.07) is 3.81. The van der Waals surface area contributed by atoms with Gasteiger partial charge in [-0.2, -0.15) is 5.10 Å². The van der Waals surface area contributed by atoms with Crippen LogP contribution in [0.3, 0.4) is 0 Å². The Morgan fingerprint density at radius 3 is 2.70 bits per heavy atom. The van der Waals surface area contributed by atoms with E-state index in [2.05, 4.69) is 10.2 Å². The number of aromatic nitrogens is 3. The number of rotatable bonds is 2. The predicted octanol–water partition coefficient (Wildman–Crippen LogP) is 3.39. The molecular weight excluding hydrogens is 286 g/mol. The fourth-order valence-corrected chi connectivity index (χ4v) is 3.64. The van der Waals surface area contributed by atoms with Crippen LogP contribution in [0.15, 0.2) is 18.3 Å². The number of aryl methyl sites for hydroxylation is 2. The Labute approximate surface area is 134 Å². The van der Waals surface area contributed by atoms with Crippen molar-refractivity contribution in [3.05, 3.63) is 40.7 Å². The van der Waals surface area contributed by atoms with Gasteiger partial charge in [0.1, 0.15) is 0 Å². The van der Waals surface area contributed by atoms with Gasteiger partial charge < -0.3 is 11.1 Å². The first-order valence-electron chi connectivity index (χ1n) is 7.96. The van der Waals surface area contributed by atoms with Crippen molar-refractivity contribution >= 4 is 22.8 Å². The molecule has 0 saturated heterocycles. The number of nitrogens with zero attached hydrogens (tertiary/aromatic N) is 2. The molecule has 23 heavy (non-hydrogen) atoms. The lowest BCUT2D eigenvalue weighted by atomic mass is 9.85. The van der Waals surface area contributed by atoms with Crippen molar-refractivity contribution < 1.29 is 0 Å². The molecule has 1 aliphatic rings. The molecule has 0 aliphatic heterocycles. The van der Waals surface area contributed by atoms with Gasteiger partial charge in [-0.05, 0) is 55.9 Å². The fraction of sp³-hybridized carbons (Fsp3) is 0.278. The molecule has 0 spiro atoms. The number of hydrogen-bond acceptors (Lipinski definition) is 4. The zero-order valence-corrected chi connectivity index (χ0v) is 13.1. The fourth-order valence-electron chi connectivity index (χ4n) is 3.64. The van der Waals surface area contributed by atoms with Gasteiger partial charge in [-0.3, -0.25) is 5.10 Å². The van der Waals surface area contributed by atoms with E-state index >= 15 is 0 Å². The van der Waals surface area contributed by atoms with E-state index in [1.807, 2.05) is 25.3 Å². The largest absolute Gasteiger partial charge is 0.398 e. The summed E-state index contributed by atoms with van der Waals surface area (Å²) in [6.45, 7) is 2.00. The van der Waals surface area contributed by atoms with Crippen molar-refractivity contribution in [2.75, 3.05) is 5.73 Å². The lowest BCUT2D eigenvalue weighted by molar-refractivity contribution is 0.689. The zero-order chi connectivity index (χ0) is 16.0. The summed E-state index contributed by atoms with van der Waals surface area (Å²) in [5.74, 6) is 0. The summed E-state index contributed by atoms with van der Waals surface area (Å²) in [4.78, 5) is 4.92. The Kier molecular flexibility index (Phi) is 3.15. The van der Waals surface area contributed by atoms with Crippen LogP contribution in [0.5, 0.6) is 0 Å². The molecule has 0 unspecified atom stereocenters. The molecular formula is C18H19N5. The average molecular weight is 305 g/mol. The van der Waals surface area contributed by atoms with Crippen molar-refractivity contribution in [3.8, 4) is 11.3 Å². The topological polar surface area (TPSA) is 91.4 Å². The average Bonchev–Trinajstić information content (AvgIpc) is 3.00. The standard InChI is InChI=1S/C18H19N5/c1-10-14(9-21-23-10)18-12-5-3-2-4-11(12)17-13(8-19)15(20)6-7-16(17)22-18/h6-9,19H,2-5,20H2,1H3,(H,21,23). The number of nitrogens with one attached hydrogen (secondary N) is 2. The molecule has 0 atom stereocenters. The minimum Gasteiger partial charge on any atom is -0.398 e. The SMILES string of the molecule is Cc1n[nH]cc1-c1nc2ccc(N)c(C=N)c2c2c1CCCC2. The maximum atomic E-state index is 7.76. The predicted molar refractivity (Wildman–Crippen MR) is 93.0 cm³/mol. The Morgan fingerprint density at radius 1 is 1.22 bits per heavy atom. The molecule has 116 valence electrons. The highest BCUT2D eigenvalue weighted by atomic mass is 15.1. The van der Waals surface area contributed by atoms with E-state index in [0.29, 0.717) is 5.69 Å². The number of nitrogens with two attached hydrogens (primary N) is 1. The number of nitrogen functional groups attached to an aromatic ring is 1. The second-order valence-corrected chi connectivity index (χ2v) is 6.12. The maximum absolute atomic E-state index is 7.76. The lowest BCUT2D eigenvalue weighted by Gasteiger charge is -2.22. The van der Waals surface area contributed by atoms with E-state index in [0.717, 1.165) is 46.3 Å². The molecule has 2 heterocycles. The summed E-state index contributed by atoms with van der Waals surface area (Å²) in [6.07, 6.45) is 7.66. The van der Waals surface area contributed by atoms with Gasteiger partial charge in [0.05, 0.1) is 16.9 Å². The van der Waals surface area contributed by atoms with Crippen LogP contribution in [0.1, 0.15) is 35.2 Å².